The van der Waals surface area contributed by atoms with E-state index >= 15 is 0 Å². The molecule has 0 saturated heterocycles. The maximum Gasteiger partial charge on any atom is 0.235 e. The van der Waals surface area contributed by atoms with Gasteiger partial charge in [0, 0.05) is 10.0 Å². The van der Waals surface area contributed by atoms with Gasteiger partial charge in [0.05, 0.1) is 11.4 Å². The molecular formula is C16H15Cl2NO4S. The lowest BCUT2D eigenvalue weighted by Crippen LogP contribution is -2.33. The number of hydrogen-bond acceptors (Lipinski definition) is 4. The lowest BCUT2D eigenvalue weighted by molar-refractivity contribution is -0.118. The molecule has 5 nitrogen and oxygen atoms in total. The van der Waals surface area contributed by atoms with Crippen molar-refractivity contribution in [2.45, 2.75) is 4.90 Å². The predicted octanol–water partition coefficient (Wildman–Crippen LogP) is 2.96. The van der Waals surface area contributed by atoms with Gasteiger partial charge in [-0.1, -0.05) is 23.2 Å². The van der Waals surface area contributed by atoms with Crippen LogP contribution in [0.2, 0.25) is 10.0 Å². The van der Waals surface area contributed by atoms with Crippen LogP contribution in [0.4, 0.5) is 0 Å². The molecule has 2 aromatic rings. The maximum absolute atomic E-state index is 12.1. The fourth-order valence-corrected chi connectivity index (χ4v) is 3.26. The first kappa shape index (κ1) is 18.6. The zero-order valence-corrected chi connectivity index (χ0v) is 14.9. The summed E-state index contributed by atoms with van der Waals surface area (Å²) in [6, 6.07) is 12.5. The highest BCUT2D eigenvalue weighted by Gasteiger charge is 2.18. The van der Waals surface area contributed by atoms with Crippen molar-refractivity contribution in [3.05, 3.63) is 58.6 Å². The number of carbonyl (C=O) groups is 1. The first-order valence-electron chi connectivity index (χ1n) is 7.00. The van der Waals surface area contributed by atoms with Gasteiger partial charge in [-0.3, -0.25) is 4.79 Å². The van der Waals surface area contributed by atoms with E-state index in [-0.39, 0.29) is 18.0 Å². The normalized spacial score (nSPS) is 11.1. The lowest BCUT2D eigenvalue weighted by atomic mass is 10.3. The first-order chi connectivity index (χ1) is 11.4. The molecule has 0 fully saturated rings. The van der Waals surface area contributed by atoms with Crippen LogP contribution in [0.3, 0.4) is 0 Å². The van der Waals surface area contributed by atoms with Crippen LogP contribution in [0.5, 0.6) is 5.75 Å². The minimum absolute atomic E-state index is 0.0551. The van der Waals surface area contributed by atoms with E-state index in [1.54, 1.807) is 24.3 Å². The third-order valence-corrected chi connectivity index (χ3v) is 5.14. The summed E-state index contributed by atoms with van der Waals surface area (Å²) < 4.78 is 29.6. The number of amides is 1. The van der Waals surface area contributed by atoms with Crippen LogP contribution in [-0.4, -0.2) is 33.2 Å². The molecule has 24 heavy (non-hydrogen) atoms. The van der Waals surface area contributed by atoms with Gasteiger partial charge in [0.1, 0.15) is 18.1 Å². The van der Waals surface area contributed by atoms with E-state index in [2.05, 4.69) is 5.32 Å². The van der Waals surface area contributed by atoms with Crippen LogP contribution in [0.25, 0.3) is 0 Å². The standard InChI is InChI=1S/C16H15Cl2NO4S/c17-12-1-5-14(6-2-12)23-10-9-19-16(20)11-24(21,22)15-7-3-13(18)4-8-15/h1-8H,9-11H2,(H,19,20). The molecule has 0 radical (unpaired) electrons. The van der Waals surface area contributed by atoms with Gasteiger partial charge in [0.15, 0.2) is 9.84 Å². The second-order valence-electron chi connectivity index (χ2n) is 4.87. The Hall–Kier alpha value is -1.76. The number of rotatable bonds is 7. The molecule has 8 heteroatoms. The SMILES string of the molecule is O=C(CS(=O)(=O)c1ccc(Cl)cc1)NCCOc1ccc(Cl)cc1. The van der Waals surface area contributed by atoms with E-state index in [4.69, 9.17) is 27.9 Å². The van der Waals surface area contributed by atoms with E-state index in [9.17, 15) is 13.2 Å². The first-order valence-corrected chi connectivity index (χ1v) is 9.41. The van der Waals surface area contributed by atoms with E-state index in [0.717, 1.165) is 0 Å². The fraction of sp³-hybridized carbons (Fsp3) is 0.188. The van der Waals surface area contributed by atoms with Crippen molar-refractivity contribution < 1.29 is 17.9 Å². The van der Waals surface area contributed by atoms with Crippen molar-refractivity contribution >= 4 is 38.9 Å². The summed E-state index contributed by atoms with van der Waals surface area (Å²) in [4.78, 5) is 11.8. The Morgan fingerprint density at radius 3 is 2.08 bits per heavy atom. The highest BCUT2D eigenvalue weighted by Crippen LogP contribution is 2.16. The molecule has 1 N–H and O–H groups in total. The van der Waals surface area contributed by atoms with Crippen molar-refractivity contribution in [2.24, 2.45) is 0 Å². The monoisotopic (exact) mass is 387 g/mol. The zero-order valence-electron chi connectivity index (χ0n) is 12.5. The topological polar surface area (TPSA) is 72.5 Å². The Balaban J connectivity index is 1.78. The van der Waals surface area contributed by atoms with Gasteiger partial charge in [-0.05, 0) is 48.5 Å². The van der Waals surface area contributed by atoms with Gasteiger partial charge in [-0.15, -0.1) is 0 Å². The molecule has 0 saturated carbocycles. The fourth-order valence-electron chi connectivity index (χ4n) is 1.84. The van der Waals surface area contributed by atoms with E-state index in [1.807, 2.05) is 0 Å². The number of halogens is 2. The largest absolute Gasteiger partial charge is 0.492 e. The molecule has 2 aromatic carbocycles. The number of sulfone groups is 1. The van der Waals surface area contributed by atoms with Crippen molar-refractivity contribution in [2.75, 3.05) is 18.9 Å². The maximum atomic E-state index is 12.1. The number of carbonyl (C=O) groups excluding carboxylic acids is 1. The molecule has 0 spiro atoms. The molecule has 1 amide bonds. The highest BCUT2D eigenvalue weighted by atomic mass is 35.5. The molecule has 0 bridgehead atoms. The Kier molecular flexibility index (Phi) is 6.48. The molecule has 128 valence electrons. The summed E-state index contributed by atoms with van der Waals surface area (Å²) in [5.41, 5.74) is 0. The smallest absolute Gasteiger partial charge is 0.235 e. The average Bonchev–Trinajstić information content (AvgIpc) is 2.53. The van der Waals surface area contributed by atoms with Crippen LogP contribution >= 0.6 is 23.2 Å². The molecule has 0 atom stereocenters. The summed E-state index contributed by atoms with van der Waals surface area (Å²) in [6.45, 7) is 0.409. The Morgan fingerprint density at radius 2 is 1.50 bits per heavy atom. The Labute approximate surface area is 150 Å². The van der Waals surface area contributed by atoms with E-state index in [0.29, 0.717) is 15.8 Å². The molecular weight excluding hydrogens is 373 g/mol. The third-order valence-electron chi connectivity index (χ3n) is 3.00. The van der Waals surface area contributed by atoms with Gasteiger partial charge < -0.3 is 10.1 Å². The predicted molar refractivity (Wildman–Crippen MR) is 93.5 cm³/mol. The van der Waals surface area contributed by atoms with Gasteiger partial charge >= 0.3 is 0 Å². The quantitative estimate of drug-likeness (QED) is 0.741. The van der Waals surface area contributed by atoms with Gasteiger partial charge in [0.25, 0.3) is 0 Å². The lowest BCUT2D eigenvalue weighted by Gasteiger charge is -2.08. The molecule has 0 unspecified atom stereocenters. The van der Waals surface area contributed by atoms with Gasteiger partial charge in [-0.2, -0.15) is 0 Å². The highest BCUT2D eigenvalue weighted by molar-refractivity contribution is 7.92. The van der Waals surface area contributed by atoms with Crippen LogP contribution in [0, 0.1) is 0 Å². The molecule has 0 heterocycles. The minimum atomic E-state index is -3.70. The molecule has 0 aliphatic heterocycles. The number of hydrogen-bond donors (Lipinski definition) is 1. The summed E-state index contributed by atoms with van der Waals surface area (Å²) >= 11 is 11.5. The van der Waals surface area contributed by atoms with Gasteiger partial charge in [0.2, 0.25) is 5.91 Å². The van der Waals surface area contributed by atoms with Crippen molar-refractivity contribution in [3.63, 3.8) is 0 Å². The minimum Gasteiger partial charge on any atom is -0.492 e. The summed E-state index contributed by atoms with van der Waals surface area (Å²) in [5, 5.41) is 3.53. The van der Waals surface area contributed by atoms with Gasteiger partial charge in [-0.25, -0.2) is 8.42 Å². The van der Waals surface area contributed by atoms with Crippen molar-refractivity contribution in [3.8, 4) is 5.75 Å². The second kappa shape index (κ2) is 8.37. The molecule has 0 aromatic heterocycles. The Bertz CT molecular complexity index is 790. The van der Waals surface area contributed by atoms with Crippen LogP contribution < -0.4 is 10.1 Å². The molecule has 0 aliphatic carbocycles. The summed E-state index contributed by atoms with van der Waals surface area (Å²) in [6.07, 6.45) is 0. The number of benzene rings is 2. The number of nitrogens with one attached hydrogen (secondary N) is 1. The van der Waals surface area contributed by atoms with Crippen molar-refractivity contribution in [1.29, 1.82) is 0 Å². The van der Waals surface area contributed by atoms with Crippen LogP contribution in [0.1, 0.15) is 0 Å². The van der Waals surface area contributed by atoms with Crippen LogP contribution in [0.15, 0.2) is 53.4 Å². The summed E-state index contributed by atoms with van der Waals surface area (Å²) in [5.74, 6) is -0.609. The van der Waals surface area contributed by atoms with E-state index < -0.39 is 21.5 Å². The molecule has 2 rings (SSSR count). The average molecular weight is 388 g/mol. The third kappa shape index (κ3) is 5.70. The number of ether oxygens (including phenoxy) is 1. The Morgan fingerprint density at radius 1 is 0.958 bits per heavy atom. The zero-order chi connectivity index (χ0) is 17.6. The van der Waals surface area contributed by atoms with E-state index in [1.165, 1.54) is 24.3 Å². The summed E-state index contributed by atoms with van der Waals surface area (Å²) in [7, 11) is -3.70. The van der Waals surface area contributed by atoms with Crippen molar-refractivity contribution in [1.82, 2.24) is 5.32 Å². The van der Waals surface area contributed by atoms with Crippen LogP contribution in [-0.2, 0) is 14.6 Å². The second-order valence-corrected chi connectivity index (χ2v) is 7.73. The molecule has 0 aliphatic rings.